The van der Waals surface area contributed by atoms with Gasteiger partial charge in [0.15, 0.2) is 0 Å². The van der Waals surface area contributed by atoms with E-state index in [1.54, 1.807) is 6.07 Å². The monoisotopic (exact) mass is 485 g/mol. The minimum absolute atomic E-state index is 0.0120. The first-order valence-corrected chi connectivity index (χ1v) is 13.4. The van der Waals surface area contributed by atoms with Gasteiger partial charge in [0.25, 0.3) is 6.43 Å². The highest BCUT2D eigenvalue weighted by atomic mass is 19.3. The SMILES string of the molecule is CC1CCC(Oc2ccc3cc(CCN4C5CCCC4CC(C(=O)O)C5)ccc3c2C(F)F)CC1. The fraction of sp³-hybridized carbons (Fsp3) is 0.621. The minimum atomic E-state index is -2.59. The number of alkyl halides is 2. The first kappa shape index (κ1) is 24.5. The van der Waals surface area contributed by atoms with Crippen molar-refractivity contribution < 1.29 is 23.4 Å². The number of rotatable bonds is 7. The lowest BCUT2D eigenvalue weighted by molar-refractivity contribution is -0.146. The average Bonchev–Trinajstić information content (AvgIpc) is 2.83. The second-order valence-electron chi connectivity index (χ2n) is 11.1. The van der Waals surface area contributed by atoms with E-state index in [9.17, 15) is 18.7 Å². The van der Waals surface area contributed by atoms with Crippen molar-refractivity contribution in [1.29, 1.82) is 0 Å². The Hall–Kier alpha value is -2.21. The molecule has 4 nitrogen and oxygen atoms in total. The van der Waals surface area contributed by atoms with Crippen LogP contribution in [0.2, 0.25) is 0 Å². The van der Waals surface area contributed by atoms with Crippen molar-refractivity contribution in [3.8, 4) is 5.75 Å². The highest BCUT2D eigenvalue weighted by Crippen LogP contribution is 2.39. The number of ether oxygens (including phenoxy) is 1. The lowest BCUT2D eigenvalue weighted by Gasteiger charge is -2.48. The normalized spacial score (nSPS) is 29.4. The van der Waals surface area contributed by atoms with Crippen LogP contribution in [-0.4, -0.2) is 40.7 Å². The molecular weight excluding hydrogens is 448 g/mol. The molecule has 2 aromatic carbocycles. The van der Waals surface area contributed by atoms with E-state index in [4.69, 9.17) is 4.74 Å². The number of carboxylic acid groups (broad SMARTS) is 1. The Balaban J connectivity index is 1.30. The van der Waals surface area contributed by atoms with Crippen LogP contribution >= 0.6 is 0 Å². The maximum absolute atomic E-state index is 14.2. The molecule has 2 bridgehead atoms. The van der Waals surface area contributed by atoms with Crippen LogP contribution < -0.4 is 4.74 Å². The molecule has 3 aliphatic rings. The summed E-state index contributed by atoms with van der Waals surface area (Å²) in [6.07, 6.45) is 7.08. The molecule has 2 saturated heterocycles. The van der Waals surface area contributed by atoms with E-state index in [0.717, 1.165) is 75.3 Å². The Kier molecular flexibility index (Phi) is 7.29. The Morgan fingerprint density at radius 2 is 1.77 bits per heavy atom. The lowest BCUT2D eigenvalue weighted by Crippen LogP contribution is -2.53. The summed E-state index contributed by atoms with van der Waals surface area (Å²) >= 11 is 0. The van der Waals surface area contributed by atoms with Gasteiger partial charge >= 0.3 is 5.97 Å². The van der Waals surface area contributed by atoms with Gasteiger partial charge < -0.3 is 9.84 Å². The van der Waals surface area contributed by atoms with Gasteiger partial charge in [-0.3, -0.25) is 9.69 Å². The van der Waals surface area contributed by atoms with Crippen LogP contribution in [0.15, 0.2) is 30.3 Å². The number of nitrogens with zero attached hydrogens (tertiary/aromatic N) is 1. The smallest absolute Gasteiger partial charge is 0.306 e. The molecule has 0 amide bonds. The van der Waals surface area contributed by atoms with E-state index in [1.807, 2.05) is 24.3 Å². The first-order valence-electron chi connectivity index (χ1n) is 13.4. The van der Waals surface area contributed by atoms with Crippen LogP contribution in [0.3, 0.4) is 0 Å². The molecule has 190 valence electrons. The number of hydrogen-bond acceptors (Lipinski definition) is 3. The molecule has 0 radical (unpaired) electrons. The molecule has 2 unspecified atom stereocenters. The molecule has 5 rings (SSSR count). The topological polar surface area (TPSA) is 49.8 Å². The molecule has 2 heterocycles. The fourth-order valence-corrected chi connectivity index (χ4v) is 6.70. The number of fused-ring (bicyclic) bond motifs is 3. The van der Waals surface area contributed by atoms with Gasteiger partial charge in [-0.05, 0) is 86.1 Å². The Morgan fingerprint density at radius 1 is 1.06 bits per heavy atom. The number of carbonyl (C=O) groups is 1. The van der Waals surface area contributed by atoms with E-state index >= 15 is 0 Å². The molecule has 2 aliphatic heterocycles. The van der Waals surface area contributed by atoms with Gasteiger partial charge in [-0.2, -0.15) is 0 Å². The number of piperidine rings is 2. The van der Waals surface area contributed by atoms with E-state index in [1.165, 1.54) is 6.42 Å². The van der Waals surface area contributed by atoms with Gasteiger partial charge in [-0.15, -0.1) is 0 Å². The van der Waals surface area contributed by atoms with Crippen molar-refractivity contribution in [2.24, 2.45) is 11.8 Å². The number of benzene rings is 2. The third-order valence-corrected chi connectivity index (χ3v) is 8.69. The van der Waals surface area contributed by atoms with Crippen molar-refractivity contribution in [3.05, 3.63) is 41.5 Å². The summed E-state index contributed by atoms with van der Waals surface area (Å²) in [4.78, 5) is 14.1. The molecule has 0 aromatic heterocycles. The fourth-order valence-electron chi connectivity index (χ4n) is 6.70. The summed E-state index contributed by atoms with van der Waals surface area (Å²) in [7, 11) is 0. The number of halogens is 2. The molecular formula is C29H37F2NO3. The molecule has 2 atom stereocenters. The first-order chi connectivity index (χ1) is 16.9. The molecule has 6 heteroatoms. The van der Waals surface area contributed by atoms with Gasteiger partial charge in [-0.25, -0.2) is 8.78 Å². The molecule has 1 aliphatic carbocycles. The Bertz CT molecular complexity index is 1040. The van der Waals surface area contributed by atoms with E-state index in [0.29, 0.717) is 29.1 Å². The largest absolute Gasteiger partial charge is 0.490 e. The van der Waals surface area contributed by atoms with Gasteiger partial charge in [-0.1, -0.05) is 37.6 Å². The molecule has 1 saturated carbocycles. The van der Waals surface area contributed by atoms with Gasteiger partial charge in [0, 0.05) is 18.6 Å². The van der Waals surface area contributed by atoms with E-state index < -0.39 is 12.4 Å². The van der Waals surface area contributed by atoms with Crippen molar-refractivity contribution in [2.45, 2.75) is 95.7 Å². The highest BCUT2D eigenvalue weighted by Gasteiger charge is 2.40. The second kappa shape index (κ2) is 10.4. The van der Waals surface area contributed by atoms with Crippen molar-refractivity contribution in [2.75, 3.05) is 6.54 Å². The lowest BCUT2D eigenvalue weighted by atomic mass is 9.78. The second-order valence-corrected chi connectivity index (χ2v) is 11.1. The van der Waals surface area contributed by atoms with E-state index in [-0.39, 0.29) is 17.6 Å². The summed E-state index contributed by atoms with van der Waals surface area (Å²) in [6, 6.07) is 10.2. The number of carboxylic acids is 1. The standard InChI is InChI=1S/C29H37F2NO3/c1-18-5-9-24(10-6-18)35-26-12-8-20-15-19(7-11-25(20)27(26)28(30)31)13-14-32-22-3-2-4-23(32)17-21(16-22)29(33)34/h7-8,11-12,15,18,21-24,28H,2-6,9-10,13-14,16-17H2,1H3,(H,33,34). The van der Waals surface area contributed by atoms with Crippen LogP contribution in [0.25, 0.3) is 10.8 Å². The summed E-state index contributed by atoms with van der Waals surface area (Å²) in [5.74, 6) is 0.132. The third-order valence-electron chi connectivity index (χ3n) is 8.69. The predicted octanol–water partition coefficient (Wildman–Crippen LogP) is 7.00. The quantitative estimate of drug-likeness (QED) is 0.459. The number of aliphatic carboxylic acids is 1. The Morgan fingerprint density at radius 3 is 2.43 bits per heavy atom. The molecule has 3 fully saturated rings. The average molecular weight is 486 g/mol. The summed E-state index contributed by atoms with van der Waals surface area (Å²) < 4.78 is 34.4. The van der Waals surface area contributed by atoms with Crippen LogP contribution in [0.4, 0.5) is 8.78 Å². The zero-order valence-corrected chi connectivity index (χ0v) is 20.6. The summed E-state index contributed by atoms with van der Waals surface area (Å²) in [5.41, 5.74) is 1.14. The molecule has 0 spiro atoms. The van der Waals surface area contributed by atoms with Crippen molar-refractivity contribution in [3.63, 3.8) is 0 Å². The molecule has 35 heavy (non-hydrogen) atoms. The van der Waals surface area contributed by atoms with Crippen LogP contribution in [0.1, 0.15) is 82.3 Å². The van der Waals surface area contributed by atoms with Gasteiger partial charge in [0.05, 0.1) is 17.6 Å². The minimum Gasteiger partial charge on any atom is -0.490 e. The van der Waals surface area contributed by atoms with Crippen LogP contribution in [-0.2, 0) is 11.2 Å². The van der Waals surface area contributed by atoms with Gasteiger partial charge in [0.1, 0.15) is 5.75 Å². The molecule has 2 aromatic rings. The zero-order valence-electron chi connectivity index (χ0n) is 20.6. The van der Waals surface area contributed by atoms with Crippen LogP contribution in [0.5, 0.6) is 5.75 Å². The van der Waals surface area contributed by atoms with Crippen molar-refractivity contribution >= 4 is 16.7 Å². The highest BCUT2D eigenvalue weighted by molar-refractivity contribution is 5.88. The zero-order chi connectivity index (χ0) is 24.5. The summed E-state index contributed by atoms with van der Waals surface area (Å²) in [6.45, 7) is 3.12. The van der Waals surface area contributed by atoms with Crippen molar-refractivity contribution in [1.82, 2.24) is 4.90 Å². The molecule has 1 N–H and O–H groups in total. The van der Waals surface area contributed by atoms with Crippen LogP contribution in [0, 0.1) is 11.8 Å². The maximum Gasteiger partial charge on any atom is 0.306 e. The van der Waals surface area contributed by atoms with E-state index in [2.05, 4.69) is 11.8 Å². The summed E-state index contributed by atoms with van der Waals surface area (Å²) in [5, 5.41) is 10.9. The predicted molar refractivity (Wildman–Crippen MR) is 133 cm³/mol. The number of hydrogen-bond donors (Lipinski definition) is 1. The Labute approximate surface area is 206 Å². The third kappa shape index (κ3) is 5.32. The maximum atomic E-state index is 14.2. The van der Waals surface area contributed by atoms with Gasteiger partial charge in [0.2, 0.25) is 0 Å².